The van der Waals surface area contributed by atoms with E-state index in [1.807, 2.05) is 0 Å². The number of rotatable bonds is 5. The van der Waals surface area contributed by atoms with Crippen LogP contribution in [0, 0.1) is 5.82 Å². The zero-order chi connectivity index (χ0) is 18.0. The normalized spacial score (nSPS) is 11.1. The van der Waals surface area contributed by atoms with Crippen LogP contribution in [0.3, 0.4) is 0 Å². The Hall–Kier alpha value is -2.81. The van der Waals surface area contributed by atoms with Crippen molar-refractivity contribution in [3.05, 3.63) is 64.8 Å². The van der Waals surface area contributed by atoms with E-state index in [0.717, 1.165) is 17.8 Å². The first kappa shape index (κ1) is 17.0. The lowest BCUT2D eigenvalue weighted by Gasteiger charge is -2.06. The number of halogens is 4. The minimum atomic E-state index is -2.94. The van der Waals surface area contributed by atoms with Crippen LogP contribution in [0.4, 0.5) is 19.0 Å². The van der Waals surface area contributed by atoms with Crippen LogP contribution in [0.2, 0.25) is 5.02 Å². The van der Waals surface area contributed by atoms with Crippen molar-refractivity contribution < 1.29 is 18.0 Å². The predicted molar refractivity (Wildman–Crippen MR) is 84.2 cm³/mol. The Bertz CT molecular complexity index is 891. The van der Waals surface area contributed by atoms with Gasteiger partial charge in [-0.25, -0.2) is 4.39 Å². The zero-order valence-corrected chi connectivity index (χ0v) is 13.3. The van der Waals surface area contributed by atoms with Crippen LogP contribution in [0.15, 0.2) is 42.7 Å². The quantitative estimate of drug-likeness (QED) is 0.747. The topological polar surface area (TPSA) is 64.7 Å². The van der Waals surface area contributed by atoms with Gasteiger partial charge in [0.1, 0.15) is 16.5 Å². The molecule has 0 aliphatic rings. The van der Waals surface area contributed by atoms with E-state index in [-0.39, 0.29) is 22.4 Å². The number of hydrogen-bond acceptors (Lipinski definition) is 3. The summed E-state index contributed by atoms with van der Waals surface area (Å²) in [4.78, 5) is 12.1. The number of nitrogens with one attached hydrogen (secondary N) is 1. The summed E-state index contributed by atoms with van der Waals surface area (Å²) in [7, 11) is 0. The molecular formula is C15H11ClF3N5O. The number of anilines is 1. The van der Waals surface area contributed by atoms with Gasteiger partial charge >= 0.3 is 6.55 Å². The van der Waals surface area contributed by atoms with Crippen molar-refractivity contribution in [1.82, 2.24) is 19.6 Å². The highest BCUT2D eigenvalue weighted by Gasteiger charge is 2.20. The molecular weight excluding hydrogens is 359 g/mol. The fourth-order valence-electron chi connectivity index (χ4n) is 2.16. The van der Waals surface area contributed by atoms with Crippen LogP contribution in [-0.4, -0.2) is 25.5 Å². The zero-order valence-electron chi connectivity index (χ0n) is 12.5. The van der Waals surface area contributed by atoms with E-state index in [1.54, 1.807) is 12.1 Å². The van der Waals surface area contributed by atoms with Gasteiger partial charge in [-0.2, -0.15) is 23.7 Å². The number of hydrogen-bond donors (Lipinski definition) is 1. The van der Waals surface area contributed by atoms with Crippen LogP contribution in [0.5, 0.6) is 0 Å². The van der Waals surface area contributed by atoms with E-state index < -0.39 is 12.5 Å². The van der Waals surface area contributed by atoms with Gasteiger partial charge in [-0.15, -0.1) is 0 Å². The molecule has 10 heteroatoms. The Kier molecular flexibility index (Phi) is 4.75. The monoisotopic (exact) mass is 369 g/mol. The fraction of sp³-hybridized carbons (Fsp3) is 0.133. The number of aromatic nitrogens is 4. The lowest BCUT2D eigenvalue weighted by Crippen LogP contribution is -2.19. The van der Waals surface area contributed by atoms with Gasteiger partial charge in [-0.3, -0.25) is 9.48 Å². The first-order chi connectivity index (χ1) is 11.9. The predicted octanol–water partition coefficient (Wildman–Crippen LogP) is 3.57. The van der Waals surface area contributed by atoms with Crippen molar-refractivity contribution in [3.8, 4) is 0 Å². The molecule has 1 aromatic carbocycles. The molecule has 0 atom stereocenters. The number of carbonyl (C=O) groups excluding carboxylic acids is 1. The molecule has 0 aliphatic heterocycles. The highest BCUT2D eigenvalue weighted by atomic mass is 35.5. The summed E-state index contributed by atoms with van der Waals surface area (Å²) in [5, 5.41) is 9.98. The molecule has 0 bridgehead atoms. The van der Waals surface area contributed by atoms with E-state index in [1.165, 1.54) is 23.0 Å². The van der Waals surface area contributed by atoms with Gasteiger partial charge in [0.05, 0.1) is 6.54 Å². The molecule has 0 aliphatic carbocycles. The molecule has 130 valence electrons. The Balaban J connectivity index is 1.75. The summed E-state index contributed by atoms with van der Waals surface area (Å²) in [6, 6.07) is 6.96. The van der Waals surface area contributed by atoms with Gasteiger partial charge in [0.25, 0.3) is 5.91 Å². The average molecular weight is 370 g/mol. The van der Waals surface area contributed by atoms with Crippen molar-refractivity contribution in [1.29, 1.82) is 0 Å². The molecule has 0 fully saturated rings. The number of amides is 1. The second-order valence-corrected chi connectivity index (χ2v) is 5.45. The molecule has 6 nitrogen and oxygen atoms in total. The Morgan fingerprint density at radius 1 is 1.24 bits per heavy atom. The number of benzene rings is 1. The lowest BCUT2D eigenvalue weighted by molar-refractivity contribution is 0.0520. The maximum Gasteiger partial charge on any atom is 0.333 e. The van der Waals surface area contributed by atoms with Crippen LogP contribution >= 0.6 is 11.6 Å². The first-order valence-corrected chi connectivity index (χ1v) is 7.42. The fourth-order valence-corrected chi connectivity index (χ4v) is 2.36. The van der Waals surface area contributed by atoms with Crippen molar-refractivity contribution in [2.45, 2.75) is 13.1 Å². The molecule has 0 unspecified atom stereocenters. The van der Waals surface area contributed by atoms with E-state index in [0.29, 0.717) is 11.2 Å². The standard InChI is InChI=1S/C15H11ClF3N5O/c16-11-8-23(7-9-1-3-10(17)4-2-9)22-13(11)21-14(25)12-5-6-20-24(12)15(18)19/h1-6,8,15H,7H2,(H,21,22,25). The minimum Gasteiger partial charge on any atom is -0.302 e. The Morgan fingerprint density at radius 2 is 1.96 bits per heavy atom. The molecule has 3 rings (SSSR count). The molecule has 0 saturated carbocycles. The molecule has 2 aromatic heterocycles. The van der Waals surface area contributed by atoms with Gasteiger partial charge in [0, 0.05) is 12.4 Å². The van der Waals surface area contributed by atoms with Crippen LogP contribution < -0.4 is 5.32 Å². The molecule has 0 radical (unpaired) electrons. The van der Waals surface area contributed by atoms with Crippen molar-refractivity contribution >= 4 is 23.3 Å². The number of nitrogens with zero attached hydrogens (tertiary/aromatic N) is 4. The van der Waals surface area contributed by atoms with E-state index >= 15 is 0 Å². The smallest absolute Gasteiger partial charge is 0.302 e. The number of alkyl halides is 2. The Morgan fingerprint density at radius 3 is 2.64 bits per heavy atom. The highest BCUT2D eigenvalue weighted by Crippen LogP contribution is 2.21. The van der Waals surface area contributed by atoms with Gasteiger partial charge in [-0.05, 0) is 23.8 Å². The summed E-state index contributed by atoms with van der Waals surface area (Å²) in [6.07, 6.45) is 2.56. The van der Waals surface area contributed by atoms with Crippen LogP contribution in [-0.2, 0) is 6.54 Å². The third-order valence-corrected chi connectivity index (χ3v) is 3.57. The van der Waals surface area contributed by atoms with E-state index in [4.69, 9.17) is 11.6 Å². The summed E-state index contributed by atoms with van der Waals surface area (Å²) in [5.41, 5.74) is 0.452. The van der Waals surface area contributed by atoms with Crippen LogP contribution in [0.25, 0.3) is 0 Å². The molecule has 2 heterocycles. The van der Waals surface area contributed by atoms with Gasteiger partial charge in [-0.1, -0.05) is 23.7 Å². The molecule has 1 amide bonds. The van der Waals surface area contributed by atoms with Crippen molar-refractivity contribution in [2.75, 3.05) is 5.32 Å². The van der Waals surface area contributed by atoms with Crippen LogP contribution in [0.1, 0.15) is 22.6 Å². The summed E-state index contributed by atoms with van der Waals surface area (Å²) in [6.45, 7) is -2.65. The van der Waals surface area contributed by atoms with Gasteiger partial charge in [0.2, 0.25) is 0 Å². The highest BCUT2D eigenvalue weighted by molar-refractivity contribution is 6.33. The van der Waals surface area contributed by atoms with Crippen molar-refractivity contribution in [2.24, 2.45) is 0 Å². The maximum atomic E-state index is 12.9. The van der Waals surface area contributed by atoms with Gasteiger partial charge < -0.3 is 5.32 Å². The van der Waals surface area contributed by atoms with Crippen molar-refractivity contribution in [3.63, 3.8) is 0 Å². The second-order valence-electron chi connectivity index (χ2n) is 5.04. The molecule has 3 aromatic rings. The SMILES string of the molecule is O=C(Nc1nn(Cc2ccc(F)cc2)cc1Cl)c1ccnn1C(F)F. The van der Waals surface area contributed by atoms with Gasteiger partial charge in [0.15, 0.2) is 5.82 Å². The first-order valence-electron chi connectivity index (χ1n) is 7.04. The van der Waals surface area contributed by atoms with E-state index in [2.05, 4.69) is 15.5 Å². The Labute approximate surface area is 144 Å². The summed E-state index contributed by atoms with van der Waals surface area (Å²) >= 11 is 6.02. The third kappa shape index (κ3) is 3.82. The van der Waals surface area contributed by atoms with E-state index in [9.17, 15) is 18.0 Å². The summed E-state index contributed by atoms with van der Waals surface area (Å²) in [5.74, 6) is -1.15. The maximum absolute atomic E-state index is 12.9. The largest absolute Gasteiger partial charge is 0.333 e. The number of carbonyl (C=O) groups is 1. The third-order valence-electron chi connectivity index (χ3n) is 3.29. The lowest BCUT2D eigenvalue weighted by atomic mass is 10.2. The molecule has 1 N–H and O–H groups in total. The molecule has 25 heavy (non-hydrogen) atoms. The molecule has 0 saturated heterocycles. The molecule has 0 spiro atoms. The minimum absolute atomic E-state index is 0.0239. The second kappa shape index (κ2) is 6.98. The summed E-state index contributed by atoms with van der Waals surface area (Å²) < 4.78 is 40.2. The average Bonchev–Trinajstić information content (AvgIpc) is 3.17.